The van der Waals surface area contributed by atoms with Crippen molar-refractivity contribution < 1.29 is 0 Å². The monoisotopic (exact) mass is 824 g/mol. The number of nitrogens with zero attached hydrogens (tertiary/aromatic N) is 2. The zero-order valence-corrected chi connectivity index (χ0v) is 36.8. The summed E-state index contributed by atoms with van der Waals surface area (Å²) in [4.78, 5) is 0. The first-order valence-corrected chi connectivity index (χ1v) is 22.6. The van der Waals surface area contributed by atoms with Gasteiger partial charge in [-0.05, 0) is 110 Å². The minimum atomic E-state index is 1.14. The fraction of sp³-hybridized carbons (Fsp3) is 0. The number of benzene rings is 10. The van der Waals surface area contributed by atoms with Crippen molar-refractivity contribution in [3.8, 4) is 67.0 Å². The van der Waals surface area contributed by atoms with Crippen molar-refractivity contribution in [2.45, 2.75) is 0 Å². The molecular formula is C60H43B3N2. The number of rotatable bonds is 7. The first-order valence-electron chi connectivity index (χ1n) is 22.6. The molecule has 0 radical (unpaired) electrons. The summed E-state index contributed by atoms with van der Waals surface area (Å²) in [5.74, 6) is 0. The van der Waals surface area contributed by atoms with Crippen molar-refractivity contribution in [3.63, 3.8) is 0 Å². The molecule has 0 aliphatic carbocycles. The molecule has 0 aliphatic heterocycles. The second-order valence-corrected chi connectivity index (χ2v) is 17.4. The van der Waals surface area contributed by atoms with Crippen LogP contribution in [0.4, 0.5) is 0 Å². The van der Waals surface area contributed by atoms with E-state index in [-0.39, 0.29) is 0 Å². The van der Waals surface area contributed by atoms with Crippen LogP contribution in [0.25, 0.3) is 111 Å². The van der Waals surface area contributed by atoms with E-state index in [2.05, 4.69) is 257 Å². The van der Waals surface area contributed by atoms with Gasteiger partial charge in [0.2, 0.25) is 0 Å². The van der Waals surface area contributed by atoms with Gasteiger partial charge in [0.05, 0.1) is 16.6 Å². The SMILES string of the molecule is Bc1c(-c2ccc3c(c2)c2cc(-c4ccccc4-c4ccccc4)ccc2n3-c2cccc(-c3ccccc3)c2)c(B)c2c3ccccc3n(-c3cccc(-c4ccccc4)c3)c2c1B. The van der Waals surface area contributed by atoms with Gasteiger partial charge in [0, 0.05) is 38.4 Å². The molecule has 2 nitrogen and oxygen atoms in total. The maximum atomic E-state index is 2.49. The Morgan fingerprint density at radius 3 is 1.35 bits per heavy atom. The fourth-order valence-electron chi connectivity index (χ4n) is 10.6. The Morgan fingerprint density at radius 2 is 0.738 bits per heavy atom. The van der Waals surface area contributed by atoms with E-state index in [0.717, 1.165) is 5.69 Å². The van der Waals surface area contributed by atoms with Crippen LogP contribution in [0.2, 0.25) is 0 Å². The lowest BCUT2D eigenvalue weighted by Gasteiger charge is -2.19. The van der Waals surface area contributed by atoms with Crippen LogP contribution in [0.3, 0.4) is 0 Å². The van der Waals surface area contributed by atoms with E-state index in [1.165, 1.54) is 121 Å². The summed E-state index contributed by atoms with van der Waals surface area (Å²) in [6, 6.07) is 82.1. The molecule has 12 rings (SSSR count). The molecular weight excluding hydrogens is 781 g/mol. The first kappa shape index (κ1) is 38.7. The van der Waals surface area contributed by atoms with Crippen molar-refractivity contribution in [1.82, 2.24) is 9.13 Å². The van der Waals surface area contributed by atoms with Crippen LogP contribution in [0.15, 0.2) is 224 Å². The largest absolute Gasteiger partial charge is 0.310 e. The zero-order valence-electron chi connectivity index (χ0n) is 36.8. The Hall–Kier alpha value is -8.01. The molecule has 0 saturated carbocycles. The molecule has 5 heteroatoms. The molecule has 0 saturated heterocycles. The first-order chi connectivity index (χ1) is 32.0. The standard InChI is InChI=1S/C60H43B3N2/c61-57-55(58(62)59(63)60-56(57)49-28-12-13-29-52(49)65(60)46-25-15-23-42(35-46)39-18-6-2-7-19-39)44-31-33-54-51(37-44)50-36-43(48-27-11-10-26-47(48)40-20-8-3-9-21-40)30-32-53(50)64(54)45-24-14-22-41(34-45)38-16-4-1-5-17-38/h1-37H,61-63H2. The van der Waals surface area contributed by atoms with Gasteiger partial charge in [0.15, 0.2) is 0 Å². The second-order valence-electron chi connectivity index (χ2n) is 17.4. The van der Waals surface area contributed by atoms with Crippen molar-refractivity contribution in [1.29, 1.82) is 0 Å². The molecule has 0 spiro atoms. The zero-order chi connectivity index (χ0) is 43.6. The molecule has 0 N–H and O–H groups in total. The Morgan fingerprint density at radius 1 is 0.277 bits per heavy atom. The number of hydrogen-bond acceptors (Lipinski definition) is 0. The molecule has 0 amide bonds. The van der Waals surface area contributed by atoms with Crippen molar-refractivity contribution in [3.05, 3.63) is 224 Å². The molecule has 2 heterocycles. The summed E-state index contributed by atoms with van der Waals surface area (Å²) in [7, 11) is 6.97. The molecule has 302 valence electrons. The highest BCUT2D eigenvalue weighted by atomic mass is 15.0. The van der Waals surface area contributed by atoms with Crippen molar-refractivity contribution in [2.24, 2.45) is 0 Å². The molecule has 10 aromatic carbocycles. The van der Waals surface area contributed by atoms with Gasteiger partial charge in [-0.15, -0.1) is 0 Å². The lowest BCUT2D eigenvalue weighted by molar-refractivity contribution is 1.18. The van der Waals surface area contributed by atoms with Crippen LogP contribution in [0.1, 0.15) is 0 Å². The van der Waals surface area contributed by atoms with E-state index in [9.17, 15) is 0 Å². The van der Waals surface area contributed by atoms with Gasteiger partial charge >= 0.3 is 0 Å². The average Bonchev–Trinajstić information content (AvgIpc) is 3.90. The van der Waals surface area contributed by atoms with Crippen LogP contribution in [-0.4, -0.2) is 32.7 Å². The Kier molecular flexibility index (Phi) is 9.31. The summed E-state index contributed by atoms with van der Waals surface area (Å²) in [5, 5.41) is 5.05. The summed E-state index contributed by atoms with van der Waals surface area (Å²) >= 11 is 0. The number of hydrogen-bond donors (Lipinski definition) is 0. The van der Waals surface area contributed by atoms with Crippen LogP contribution < -0.4 is 16.4 Å². The van der Waals surface area contributed by atoms with Crippen LogP contribution in [0, 0.1) is 0 Å². The van der Waals surface area contributed by atoms with E-state index < -0.39 is 0 Å². The lowest BCUT2D eigenvalue weighted by Crippen LogP contribution is -2.35. The molecule has 65 heavy (non-hydrogen) atoms. The predicted octanol–water partition coefficient (Wildman–Crippen LogP) is 11.0. The second kappa shape index (κ2) is 15.7. The maximum absolute atomic E-state index is 2.49. The summed E-state index contributed by atoms with van der Waals surface area (Å²) in [6.07, 6.45) is 0. The summed E-state index contributed by atoms with van der Waals surface area (Å²) < 4.78 is 4.95. The Bertz CT molecular complexity index is 3790. The minimum Gasteiger partial charge on any atom is -0.310 e. The third-order valence-electron chi connectivity index (χ3n) is 13.7. The van der Waals surface area contributed by atoms with Crippen LogP contribution in [-0.2, 0) is 0 Å². The molecule has 0 atom stereocenters. The smallest absolute Gasteiger partial charge is 0.141 e. The van der Waals surface area contributed by atoms with Gasteiger partial charge in [-0.3, -0.25) is 0 Å². The highest BCUT2D eigenvalue weighted by Crippen LogP contribution is 2.40. The fourth-order valence-corrected chi connectivity index (χ4v) is 10.6. The van der Waals surface area contributed by atoms with Gasteiger partial charge in [-0.2, -0.15) is 0 Å². The van der Waals surface area contributed by atoms with E-state index in [1.807, 2.05) is 0 Å². The van der Waals surface area contributed by atoms with E-state index in [4.69, 9.17) is 0 Å². The Labute approximate surface area is 382 Å². The van der Waals surface area contributed by atoms with Gasteiger partial charge in [-0.25, -0.2) is 0 Å². The minimum absolute atomic E-state index is 1.14. The number of aromatic nitrogens is 2. The lowest BCUT2D eigenvalue weighted by atomic mass is 9.69. The molecule has 0 unspecified atom stereocenters. The van der Waals surface area contributed by atoms with Gasteiger partial charge in [0.25, 0.3) is 0 Å². The highest BCUT2D eigenvalue weighted by Gasteiger charge is 2.23. The number of para-hydroxylation sites is 1. The average molecular weight is 824 g/mol. The number of fused-ring (bicyclic) bond motifs is 6. The van der Waals surface area contributed by atoms with E-state index >= 15 is 0 Å². The normalized spacial score (nSPS) is 11.6. The highest BCUT2D eigenvalue weighted by molar-refractivity contribution is 6.60. The van der Waals surface area contributed by atoms with Gasteiger partial charge < -0.3 is 9.13 Å². The van der Waals surface area contributed by atoms with Crippen molar-refractivity contribution in [2.75, 3.05) is 0 Å². The third kappa shape index (κ3) is 6.38. The van der Waals surface area contributed by atoms with Gasteiger partial charge in [0.1, 0.15) is 23.5 Å². The summed E-state index contributed by atoms with van der Waals surface area (Å²) in [6.45, 7) is 0. The third-order valence-corrected chi connectivity index (χ3v) is 13.7. The predicted molar refractivity (Wildman–Crippen MR) is 287 cm³/mol. The molecule has 0 fully saturated rings. The Balaban J connectivity index is 1.09. The van der Waals surface area contributed by atoms with Crippen LogP contribution >= 0.6 is 0 Å². The van der Waals surface area contributed by atoms with Crippen molar-refractivity contribution >= 4 is 83.5 Å². The topological polar surface area (TPSA) is 9.86 Å². The maximum Gasteiger partial charge on any atom is 0.141 e. The van der Waals surface area contributed by atoms with E-state index in [1.54, 1.807) is 0 Å². The molecule has 2 aromatic heterocycles. The molecule has 12 aromatic rings. The quantitative estimate of drug-likeness (QED) is 0.142. The summed E-state index contributed by atoms with van der Waals surface area (Å²) in [5.41, 5.74) is 23.3. The van der Waals surface area contributed by atoms with Crippen LogP contribution in [0.5, 0.6) is 0 Å². The van der Waals surface area contributed by atoms with Gasteiger partial charge in [-0.1, -0.05) is 186 Å². The molecule has 0 aliphatic rings. The molecule has 0 bridgehead atoms. The van der Waals surface area contributed by atoms with E-state index in [0.29, 0.717) is 0 Å².